The molecule has 4 aromatic rings. The second-order valence-corrected chi connectivity index (χ2v) is 8.83. The summed E-state index contributed by atoms with van der Waals surface area (Å²) in [6, 6.07) is 18.7. The van der Waals surface area contributed by atoms with Crippen LogP contribution in [-0.4, -0.2) is 33.7 Å². The first-order valence-electron chi connectivity index (χ1n) is 10.3. The fourth-order valence-corrected chi connectivity index (χ4v) is 5.14. The first-order valence-corrected chi connectivity index (χ1v) is 11.2. The number of thiophene rings is 1. The van der Waals surface area contributed by atoms with Crippen LogP contribution in [0, 0.1) is 12.7 Å². The summed E-state index contributed by atoms with van der Waals surface area (Å²) in [6.07, 6.45) is 3.02. The summed E-state index contributed by atoms with van der Waals surface area (Å²) in [4.78, 5) is 16.8. The molecule has 0 N–H and O–H groups in total. The lowest BCUT2D eigenvalue weighted by molar-refractivity contribution is 0.0778. The maximum atomic E-state index is 13.2. The zero-order valence-electron chi connectivity index (χ0n) is 17.2. The number of rotatable bonds is 4. The molecule has 5 rings (SSSR count). The summed E-state index contributed by atoms with van der Waals surface area (Å²) in [5.74, 6) is -0.183. The first-order chi connectivity index (χ1) is 15.1. The molecule has 0 unspecified atom stereocenters. The highest BCUT2D eigenvalue weighted by molar-refractivity contribution is 7.20. The molecule has 1 aliphatic heterocycles. The monoisotopic (exact) mass is 431 g/mol. The number of hydrogen-bond acceptors (Lipinski definition) is 3. The van der Waals surface area contributed by atoms with Crippen LogP contribution in [0.25, 0.3) is 15.8 Å². The van der Waals surface area contributed by atoms with Crippen molar-refractivity contribution in [3.63, 3.8) is 0 Å². The third kappa shape index (κ3) is 3.91. The minimum atomic E-state index is -0.249. The van der Waals surface area contributed by atoms with Crippen LogP contribution in [0.2, 0.25) is 0 Å². The number of amides is 1. The quantitative estimate of drug-likeness (QED) is 0.427. The summed E-state index contributed by atoms with van der Waals surface area (Å²) in [6.45, 7) is 3.85. The van der Waals surface area contributed by atoms with Gasteiger partial charge < -0.3 is 4.90 Å². The van der Waals surface area contributed by atoms with Crippen molar-refractivity contribution in [1.82, 2.24) is 14.7 Å². The molecule has 156 valence electrons. The topological polar surface area (TPSA) is 38.1 Å². The van der Waals surface area contributed by atoms with Gasteiger partial charge in [-0.05, 0) is 48.2 Å². The van der Waals surface area contributed by atoms with Gasteiger partial charge in [0.2, 0.25) is 0 Å². The largest absolute Gasteiger partial charge is 0.334 e. The second-order valence-electron chi connectivity index (χ2n) is 7.80. The Bertz CT molecular complexity index is 1270. The standard InChI is InChI=1S/C25H22FN3OS/c1-17-22-15-23(31-25(22)29(27-17)16-18-7-9-21(26)10-8-18)24(30)28-13-11-20(12-14-28)19-5-3-2-4-6-19/h2-11,15H,12-14,16H2,1H3. The summed E-state index contributed by atoms with van der Waals surface area (Å²) >= 11 is 1.48. The molecular formula is C25H22FN3OS. The van der Waals surface area contributed by atoms with Crippen molar-refractivity contribution in [1.29, 1.82) is 0 Å². The fourth-order valence-electron chi connectivity index (χ4n) is 4.01. The Morgan fingerprint density at radius 3 is 2.61 bits per heavy atom. The maximum Gasteiger partial charge on any atom is 0.264 e. The zero-order valence-corrected chi connectivity index (χ0v) is 18.0. The van der Waals surface area contributed by atoms with Gasteiger partial charge >= 0.3 is 0 Å². The second kappa shape index (κ2) is 8.12. The van der Waals surface area contributed by atoms with E-state index in [-0.39, 0.29) is 11.7 Å². The van der Waals surface area contributed by atoms with Crippen LogP contribution in [0.4, 0.5) is 4.39 Å². The fraction of sp³-hybridized carbons (Fsp3) is 0.200. The first kappa shape index (κ1) is 19.7. The number of halogens is 1. The molecule has 2 aromatic heterocycles. The third-order valence-corrected chi connectivity index (χ3v) is 6.84. The smallest absolute Gasteiger partial charge is 0.264 e. The van der Waals surface area contributed by atoms with E-state index in [0.717, 1.165) is 32.8 Å². The van der Waals surface area contributed by atoms with Crippen molar-refractivity contribution in [2.75, 3.05) is 13.1 Å². The van der Waals surface area contributed by atoms with Gasteiger partial charge in [-0.2, -0.15) is 5.10 Å². The Morgan fingerprint density at radius 1 is 1.13 bits per heavy atom. The zero-order chi connectivity index (χ0) is 21.4. The number of fused-ring (bicyclic) bond motifs is 1. The lowest BCUT2D eigenvalue weighted by Crippen LogP contribution is -2.34. The van der Waals surface area contributed by atoms with Gasteiger partial charge in [0.25, 0.3) is 5.91 Å². The van der Waals surface area contributed by atoms with Crippen molar-refractivity contribution in [3.8, 4) is 0 Å². The molecule has 0 spiro atoms. The molecule has 0 saturated heterocycles. The SMILES string of the molecule is Cc1nn(Cc2ccc(F)cc2)c2sc(C(=O)N3CC=C(c4ccccc4)CC3)cc12. The Morgan fingerprint density at radius 2 is 1.90 bits per heavy atom. The van der Waals surface area contributed by atoms with E-state index in [4.69, 9.17) is 0 Å². The normalized spacial score (nSPS) is 14.1. The van der Waals surface area contributed by atoms with E-state index >= 15 is 0 Å². The molecule has 2 aromatic carbocycles. The molecule has 0 aliphatic carbocycles. The van der Waals surface area contributed by atoms with Gasteiger partial charge in [0.1, 0.15) is 10.6 Å². The number of aryl methyl sites for hydroxylation is 1. The van der Waals surface area contributed by atoms with E-state index in [9.17, 15) is 9.18 Å². The van der Waals surface area contributed by atoms with Crippen LogP contribution in [0.5, 0.6) is 0 Å². The van der Waals surface area contributed by atoms with Gasteiger partial charge in [-0.1, -0.05) is 48.5 Å². The average molecular weight is 432 g/mol. The maximum absolute atomic E-state index is 13.2. The van der Waals surface area contributed by atoms with E-state index in [1.54, 1.807) is 12.1 Å². The minimum absolute atomic E-state index is 0.0669. The van der Waals surface area contributed by atoms with Gasteiger partial charge in [0, 0.05) is 18.5 Å². The van der Waals surface area contributed by atoms with Gasteiger partial charge in [0.05, 0.1) is 17.1 Å². The van der Waals surface area contributed by atoms with Crippen molar-refractivity contribution < 1.29 is 9.18 Å². The van der Waals surface area contributed by atoms with Gasteiger partial charge in [-0.15, -0.1) is 11.3 Å². The van der Waals surface area contributed by atoms with E-state index in [1.165, 1.54) is 34.6 Å². The number of nitrogens with zero attached hydrogens (tertiary/aromatic N) is 3. The highest BCUT2D eigenvalue weighted by atomic mass is 32.1. The van der Waals surface area contributed by atoms with Crippen LogP contribution in [0.3, 0.4) is 0 Å². The lowest BCUT2D eigenvalue weighted by Gasteiger charge is -2.26. The average Bonchev–Trinajstić information content (AvgIpc) is 3.37. The molecule has 1 amide bonds. The molecule has 31 heavy (non-hydrogen) atoms. The van der Waals surface area contributed by atoms with Crippen LogP contribution in [-0.2, 0) is 6.54 Å². The van der Waals surface area contributed by atoms with E-state index in [0.29, 0.717) is 19.6 Å². The molecule has 0 atom stereocenters. The Hall–Kier alpha value is -3.25. The van der Waals surface area contributed by atoms with Gasteiger partial charge in [0.15, 0.2) is 0 Å². The number of hydrogen-bond donors (Lipinski definition) is 0. The van der Waals surface area contributed by atoms with E-state index in [2.05, 4.69) is 23.3 Å². The minimum Gasteiger partial charge on any atom is -0.334 e. The van der Waals surface area contributed by atoms with Crippen molar-refractivity contribution in [2.24, 2.45) is 0 Å². The predicted octanol–water partition coefficient (Wildman–Crippen LogP) is 5.52. The summed E-state index contributed by atoms with van der Waals surface area (Å²) in [5, 5.41) is 5.63. The molecule has 4 nitrogen and oxygen atoms in total. The van der Waals surface area contributed by atoms with Gasteiger partial charge in [-0.25, -0.2) is 4.39 Å². The summed E-state index contributed by atoms with van der Waals surface area (Å²) < 4.78 is 15.1. The molecule has 0 saturated carbocycles. The van der Waals surface area contributed by atoms with Gasteiger partial charge in [-0.3, -0.25) is 9.48 Å². The molecule has 6 heteroatoms. The Kier molecular flexibility index (Phi) is 5.16. The number of benzene rings is 2. The van der Waals surface area contributed by atoms with Crippen molar-refractivity contribution >= 4 is 33.0 Å². The lowest BCUT2D eigenvalue weighted by atomic mass is 9.99. The number of carbonyl (C=O) groups excluding carboxylic acids is 1. The van der Waals surface area contributed by atoms with Crippen molar-refractivity contribution in [3.05, 3.63) is 94.3 Å². The van der Waals surface area contributed by atoms with Crippen LogP contribution in [0.15, 0.2) is 66.7 Å². The molecule has 3 heterocycles. The Labute approximate surface area is 184 Å². The number of aromatic nitrogens is 2. The van der Waals surface area contributed by atoms with Crippen LogP contribution in [0.1, 0.15) is 32.9 Å². The third-order valence-electron chi connectivity index (χ3n) is 5.70. The molecule has 0 bridgehead atoms. The molecule has 1 aliphatic rings. The molecular weight excluding hydrogens is 409 g/mol. The van der Waals surface area contributed by atoms with E-state index < -0.39 is 0 Å². The summed E-state index contributed by atoms with van der Waals surface area (Å²) in [5.41, 5.74) is 4.40. The van der Waals surface area contributed by atoms with Crippen LogP contribution >= 0.6 is 11.3 Å². The predicted molar refractivity (Wildman–Crippen MR) is 123 cm³/mol. The molecule has 0 radical (unpaired) electrons. The highest BCUT2D eigenvalue weighted by Gasteiger charge is 2.23. The van der Waals surface area contributed by atoms with E-state index in [1.807, 2.05) is 40.8 Å². The van der Waals surface area contributed by atoms with Crippen LogP contribution < -0.4 is 0 Å². The van der Waals surface area contributed by atoms with Crippen molar-refractivity contribution in [2.45, 2.75) is 19.9 Å². The molecule has 0 fully saturated rings. The highest BCUT2D eigenvalue weighted by Crippen LogP contribution is 2.31. The number of carbonyl (C=O) groups is 1. The Balaban J connectivity index is 1.36. The summed E-state index contributed by atoms with van der Waals surface area (Å²) in [7, 11) is 0.